The van der Waals surface area contributed by atoms with Gasteiger partial charge in [0.1, 0.15) is 23.3 Å². The van der Waals surface area contributed by atoms with Gasteiger partial charge in [0.25, 0.3) is 0 Å². The lowest BCUT2D eigenvalue weighted by atomic mass is 9.55. The highest BCUT2D eigenvalue weighted by molar-refractivity contribution is 6.31. The molecule has 4 aliphatic rings. The second-order valence-electron chi connectivity index (χ2n) is 16.7. The van der Waals surface area contributed by atoms with Crippen molar-refractivity contribution in [1.82, 2.24) is 19.4 Å². The van der Waals surface area contributed by atoms with Crippen molar-refractivity contribution in [2.75, 3.05) is 18.5 Å². The van der Waals surface area contributed by atoms with E-state index in [0.717, 1.165) is 50.5 Å². The molecule has 3 aliphatic heterocycles. The van der Waals surface area contributed by atoms with Crippen LogP contribution in [0.1, 0.15) is 112 Å². The minimum absolute atomic E-state index is 0.113. The molecule has 314 valence electrons. The van der Waals surface area contributed by atoms with Gasteiger partial charge in [-0.05, 0) is 86.7 Å². The number of aryl methyl sites for hydroxylation is 1. The van der Waals surface area contributed by atoms with E-state index in [9.17, 15) is 24.3 Å². The summed E-state index contributed by atoms with van der Waals surface area (Å²) in [6.45, 7) is 0.409. The predicted molar refractivity (Wildman–Crippen MR) is 228 cm³/mol. The summed E-state index contributed by atoms with van der Waals surface area (Å²) in [7, 11) is 3.44. The van der Waals surface area contributed by atoms with Crippen LogP contribution >= 0.6 is 23.2 Å². The number of imide groups is 1. The molecule has 11 nitrogen and oxygen atoms in total. The summed E-state index contributed by atoms with van der Waals surface area (Å²) in [5, 5.41) is 13.5. The number of hydrogen-bond acceptors (Lipinski definition) is 6. The number of amides is 3. The number of unbranched alkanes of at least 4 members (excludes halogenated alkanes) is 5. The van der Waals surface area contributed by atoms with Crippen LogP contribution in [0.25, 0.3) is 11.0 Å². The Labute approximate surface area is 357 Å². The van der Waals surface area contributed by atoms with E-state index in [2.05, 4.69) is 17.2 Å². The Morgan fingerprint density at radius 2 is 1.68 bits per heavy atom. The molecule has 1 unspecified atom stereocenters. The van der Waals surface area contributed by atoms with E-state index >= 15 is 9.18 Å². The van der Waals surface area contributed by atoms with Crippen LogP contribution in [0.15, 0.2) is 59.4 Å². The zero-order valence-electron chi connectivity index (χ0n) is 33.7. The second-order valence-corrected chi connectivity index (χ2v) is 17.6. The Balaban J connectivity index is 0.955. The first-order valence-electron chi connectivity index (χ1n) is 20.9. The van der Waals surface area contributed by atoms with Crippen molar-refractivity contribution >= 4 is 63.6 Å². The van der Waals surface area contributed by atoms with E-state index in [1.807, 2.05) is 23.1 Å². The summed E-state index contributed by atoms with van der Waals surface area (Å²) >= 11 is 13.0. The van der Waals surface area contributed by atoms with Gasteiger partial charge in [0, 0.05) is 54.2 Å². The van der Waals surface area contributed by atoms with E-state index in [4.69, 9.17) is 23.2 Å². The summed E-state index contributed by atoms with van der Waals surface area (Å²) in [5.41, 5.74) is 0.947. The molecule has 1 saturated carbocycles. The number of nitrogens with zero attached hydrogens (tertiary/aromatic N) is 4. The highest BCUT2D eigenvalue weighted by Gasteiger charge is 2.76. The van der Waals surface area contributed by atoms with Crippen molar-refractivity contribution in [3.8, 4) is 11.8 Å². The molecular weight excluding hydrogens is 808 g/mol. The summed E-state index contributed by atoms with van der Waals surface area (Å²) < 4.78 is 19.1. The molecule has 0 radical (unpaired) electrons. The van der Waals surface area contributed by atoms with Crippen LogP contribution < -0.4 is 15.9 Å². The maximum Gasteiger partial charge on any atom is 0.329 e. The smallest absolute Gasteiger partial charge is 0.329 e. The van der Waals surface area contributed by atoms with E-state index in [1.54, 1.807) is 49.3 Å². The third-order valence-corrected chi connectivity index (χ3v) is 14.2. The molecular formula is C46H48Cl2FN5O6. The van der Waals surface area contributed by atoms with Crippen molar-refractivity contribution in [1.29, 1.82) is 0 Å². The average molecular weight is 857 g/mol. The number of likely N-dealkylation sites (N-methyl/N-ethyl adjacent to an activating group) is 1. The number of carboxylic acids is 1. The molecule has 1 aliphatic carbocycles. The van der Waals surface area contributed by atoms with E-state index in [-0.39, 0.29) is 40.9 Å². The van der Waals surface area contributed by atoms with Gasteiger partial charge >= 0.3 is 11.7 Å². The van der Waals surface area contributed by atoms with Gasteiger partial charge < -0.3 is 10.0 Å². The minimum Gasteiger partial charge on any atom is -0.480 e. The molecule has 4 aromatic rings. The Morgan fingerprint density at radius 3 is 2.43 bits per heavy atom. The van der Waals surface area contributed by atoms with Crippen LogP contribution in [0.5, 0.6) is 0 Å². The third-order valence-electron chi connectivity index (χ3n) is 13.6. The number of halogens is 3. The van der Waals surface area contributed by atoms with Gasteiger partial charge in [-0.2, -0.15) is 0 Å². The molecule has 4 atom stereocenters. The van der Waals surface area contributed by atoms with Crippen LogP contribution in [0, 0.1) is 17.7 Å². The fourth-order valence-electron chi connectivity index (χ4n) is 11.0. The average Bonchev–Trinajstić information content (AvgIpc) is 3.71. The molecule has 2 saturated heterocycles. The number of nitrogens with one attached hydrogen (secondary N) is 1. The lowest BCUT2D eigenvalue weighted by Crippen LogP contribution is -2.61. The van der Waals surface area contributed by atoms with Crippen molar-refractivity contribution in [2.24, 2.45) is 7.05 Å². The SMILES string of the molecule is CN1[C@@H](C(=O)O)[C@H](c2cccc(Cl)c2F)[C@]2(C(=O)N(CCCCCCCC#Cc3ccc4c(c3)n(C)c(=O)n4C3CCC(=O)NC3=O)c3cc(Cl)ccc32)C12CCCCC2. The van der Waals surface area contributed by atoms with Crippen LogP contribution in [-0.4, -0.2) is 68.0 Å². The number of rotatable bonds is 10. The quantitative estimate of drug-likeness (QED) is 0.0953. The number of aliphatic carboxylic acids is 1. The molecule has 0 bridgehead atoms. The number of hydrogen-bond donors (Lipinski definition) is 2. The summed E-state index contributed by atoms with van der Waals surface area (Å²) in [6.07, 6.45) is 9.22. The van der Waals surface area contributed by atoms with Gasteiger partial charge in [0.2, 0.25) is 17.7 Å². The fraction of sp³-hybridized carbons (Fsp3) is 0.457. The predicted octanol–water partition coefficient (Wildman–Crippen LogP) is 7.63. The van der Waals surface area contributed by atoms with Crippen molar-refractivity contribution in [3.63, 3.8) is 0 Å². The second kappa shape index (κ2) is 16.5. The van der Waals surface area contributed by atoms with Crippen molar-refractivity contribution in [2.45, 2.75) is 112 Å². The highest BCUT2D eigenvalue weighted by Crippen LogP contribution is 2.67. The van der Waals surface area contributed by atoms with Crippen LogP contribution in [-0.2, 0) is 31.6 Å². The number of carbonyl (C=O) groups is 4. The summed E-state index contributed by atoms with van der Waals surface area (Å²) in [5.74, 6) is 2.59. The third kappa shape index (κ3) is 6.64. The fourth-order valence-corrected chi connectivity index (χ4v) is 11.3. The van der Waals surface area contributed by atoms with E-state index in [0.29, 0.717) is 59.5 Å². The lowest BCUT2D eigenvalue weighted by Gasteiger charge is -2.50. The number of piperidine rings is 1. The number of anilines is 1. The van der Waals surface area contributed by atoms with Gasteiger partial charge in [-0.3, -0.25) is 38.5 Å². The first-order chi connectivity index (χ1) is 28.8. The molecule has 1 aromatic heterocycles. The Hall–Kier alpha value is -4.96. The number of aromatic nitrogens is 2. The first-order valence-corrected chi connectivity index (χ1v) is 21.6. The molecule has 2 spiro atoms. The monoisotopic (exact) mass is 855 g/mol. The van der Waals surface area contributed by atoms with Gasteiger partial charge in [0.05, 0.1) is 16.1 Å². The minimum atomic E-state index is -1.38. The van der Waals surface area contributed by atoms with Gasteiger partial charge in [0.15, 0.2) is 0 Å². The number of carboxylic acid groups (broad SMARTS) is 1. The Bertz CT molecular complexity index is 2530. The summed E-state index contributed by atoms with van der Waals surface area (Å²) in [4.78, 5) is 69.7. The lowest BCUT2D eigenvalue weighted by molar-refractivity contribution is -0.144. The number of likely N-dealkylation sites (tertiary alicyclic amines) is 1. The number of benzene rings is 3. The van der Waals surface area contributed by atoms with Crippen molar-refractivity contribution < 1.29 is 28.7 Å². The largest absolute Gasteiger partial charge is 0.480 e. The van der Waals surface area contributed by atoms with Crippen LogP contribution in [0.3, 0.4) is 0 Å². The molecule has 8 rings (SSSR count). The Morgan fingerprint density at radius 1 is 0.933 bits per heavy atom. The van der Waals surface area contributed by atoms with Crippen molar-refractivity contribution in [3.05, 3.63) is 97.6 Å². The van der Waals surface area contributed by atoms with E-state index in [1.165, 1.54) is 15.2 Å². The van der Waals surface area contributed by atoms with E-state index < -0.39 is 46.6 Å². The molecule has 3 aromatic carbocycles. The first kappa shape index (κ1) is 41.8. The standard InChI is InChI=1S/C46H48Cl2FN5O6/c1-51-36-26-28(17-20-33(36)54(44(51)60)34-21-22-37(55)50-41(34)56)14-9-6-4-3-5-7-12-25-53-35-27-29(47)18-19-31(35)46(43(53)59)38(30-15-13-16-32(48)39(30)49)40(42(57)58)52(2)45(46)23-10-8-11-24-45/h13,15-20,26-27,34,38,40H,3-8,10-12,21-25H2,1-2H3,(H,57,58)(H,50,55,56)/t34?,38-,40+,46+/m0/s1. The highest BCUT2D eigenvalue weighted by atomic mass is 35.5. The molecule has 3 fully saturated rings. The maximum atomic E-state index is 16.2. The zero-order chi connectivity index (χ0) is 42.5. The molecule has 3 amide bonds. The molecule has 60 heavy (non-hydrogen) atoms. The number of carbonyl (C=O) groups excluding carboxylic acids is 3. The van der Waals surface area contributed by atoms with Crippen LogP contribution in [0.4, 0.5) is 10.1 Å². The Kier molecular flexibility index (Phi) is 11.5. The molecule has 14 heteroatoms. The number of fused-ring (bicyclic) bond motifs is 4. The topological polar surface area (TPSA) is 134 Å². The summed E-state index contributed by atoms with van der Waals surface area (Å²) in [6, 6.07) is 13.6. The van der Waals surface area contributed by atoms with Gasteiger partial charge in [-0.25, -0.2) is 9.18 Å². The van der Waals surface area contributed by atoms with Gasteiger partial charge in [-0.1, -0.05) is 91.8 Å². The molecule has 4 heterocycles. The normalized spacial score (nSPS) is 23.6. The zero-order valence-corrected chi connectivity index (χ0v) is 35.3. The molecule has 2 N–H and O–H groups in total. The number of imidazole rings is 1. The van der Waals surface area contributed by atoms with Crippen LogP contribution in [0.2, 0.25) is 10.0 Å². The van der Waals surface area contributed by atoms with Gasteiger partial charge in [-0.15, -0.1) is 0 Å². The maximum absolute atomic E-state index is 16.2.